The van der Waals surface area contributed by atoms with Gasteiger partial charge in [-0.2, -0.15) is 4.31 Å². The second kappa shape index (κ2) is 9.03. The van der Waals surface area contributed by atoms with E-state index in [2.05, 4.69) is 10.6 Å². The van der Waals surface area contributed by atoms with E-state index in [0.29, 0.717) is 11.3 Å². The molecular formula is C18H21N3O4S2. The van der Waals surface area contributed by atoms with Crippen molar-refractivity contribution in [1.29, 1.82) is 0 Å². The molecule has 2 aromatic carbocycles. The van der Waals surface area contributed by atoms with Gasteiger partial charge in [-0.15, -0.1) is 11.8 Å². The molecule has 0 unspecified atom stereocenters. The van der Waals surface area contributed by atoms with Crippen molar-refractivity contribution in [2.75, 3.05) is 32.2 Å². The lowest BCUT2D eigenvalue weighted by Crippen LogP contribution is -2.35. The van der Waals surface area contributed by atoms with E-state index in [4.69, 9.17) is 0 Å². The van der Waals surface area contributed by atoms with Crippen LogP contribution in [0.4, 0.5) is 5.69 Å². The Morgan fingerprint density at radius 2 is 1.70 bits per heavy atom. The Bertz CT molecular complexity index is 928. The molecule has 0 saturated carbocycles. The first-order valence-electron chi connectivity index (χ1n) is 8.01. The maximum absolute atomic E-state index is 12.6. The molecule has 2 N–H and O–H groups in total. The van der Waals surface area contributed by atoms with E-state index >= 15 is 0 Å². The number of likely N-dealkylation sites (N-methyl/N-ethyl adjacent to an activating group) is 1. The number of benzene rings is 2. The zero-order chi connectivity index (χ0) is 20.0. The Labute approximate surface area is 163 Å². The summed E-state index contributed by atoms with van der Waals surface area (Å²) in [6.07, 6.45) is 1.89. The summed E-state index contributed by atoms with van der Waals surface area (Å²) < 4.78 is 26.2. The average molecular weight is 408 g/mol. The second-order valence-corrected chi connectivity index (χ2v) is 8.51. The number of hydrogen-bond acceptors (Lipinski definition) is 5. The van der Waals surface area contributed by atoms with Crippen LogP contribution in [-0.2, 0) is 14.8 Å². The van der Waals surface area contributed by atoms with Crippen molar-refractivity contribution in [3.63, 3.8) is 0 Å². The fourth-order valence-corrected chi connectivity index (χ4v) is 4.01. The van der Waals surface area contributed by atoms with Crippen LogP contribution in [0.15, 0.2) is 58.3 Å². The van der Waals surface area contributed by atoms with Crippen LogP contribution in [0, 0.1) is 0 Å². The van der Waals surface area contributed by atoms with E-state index in [1.807, 2.05) is 18.4 Å². The minimum atomic E-state index is -3.86. The highest BCUT2D eigenvalue weighted by Gasteiger charge is 2.23. The van der Waals surface area contributed by atoms with Gasteiger partial charge in [-0.25, -0.2) is 8.42 Å². The van der Waals surface area contributed by atoms with Crippen molar-refractivity contribution < 1.29 is 18.0 Å². The summed E-state index contributed by atoms with van der Waals surface area (Å²) >= 11 is 1.48. The molecular weight excluding hydrogens is 386 g/mol. The maximum Gasteiger partial charge on any atom is 0.251 e. The highest BCUT2D eigenvalue weighted by Crippen LogP contribution is 2.24. The van der Waals surface area contributed by atoms with Gasteiger partial charge in [0.2, 0.25) is 15.9 Å². The Kier molecular flexibility index (Phi) is 7.00. The van der Waals surface area contributed by atoms with Crippen LogP contribution < -0.4 is 10.6 Å². The van der Waals surface area contributed by atoms with Gasteiger partial charge in [-0.1, -0.05) is 12.1 Å². The number of carbonyl (C=O) groups excluding carboxylic acids is 2. The monoisotopic (exact) mass is 407 g/mol. The standard InChI is InChI=1S/C18H21N3O4S2/c1-19-18(23)13-8-10-14(11-9-13)27(24,25)21(2)12-17(22)20-15-6-4-5-7-16(15)26-3/h4-11H,12H2,1-3H3,(H,19,23)(H,20,22). The fourth-order valence-electron chi connectivity index (χ4n) is 2.33. The number of hydrogen-bond donors (Lipinski definition) is 2. The number of thioether (sulfide) groups is 1. The van der Waals surface area contributed by atoms with Crippen LogP contribution in [0.25, 0.3) is 0 Å². The molecule has 2 amide bonds. The predicted molar refractivity (Wildman–Crippen MR) is 107 cm³/mol. The number of amides is 2. The zero-order valence-corrected chi connectivity index (χ0v) is 16.9. The van der Waals surface area contributed by atoms with Crippen molar-refractivity contribution in [3.05, 3.63) is 54.1 Å². The zero-order valence-electron chi connectivity index (χ0n) is 15.2. The van der Waals surface area contributed by atoms with Gasteiger partial charge in [0.25, 0.3) is 5.91 Å². The quantitative estimate of drug-likeness (QED) is 0.685. The third-order valence-corrected chi connectivity index (χ3v) is 6.41. The minimum absolute atomic E-state index is 0.00923. The van der Waals surface area contributed by atoms with E-state index in [0.717, 1.165) is 9.20 Å². The van der Waals surface area contributed by atoms with Crippen LogP contribution in [-0.4, -0.2) is 51.4 Å². The summed E-state index contributed by atoms with van der Waals surface area (Å²) in [5.41, 5.74) is 0.987. The van der Waals surface area contributed by atoms with E-state index in [9.17, 15) is 18.0 Å². The van der Waals surface area contributed by atoms with Gasteiger partial charge in [0.05, 0.1) is 17.1 Å². The first-order chi connectivity index (χ1) is 12.8. The number of anilines is 1. The van der Waals surface area contributed by atoms with Crippen molar-refractivity contribution in [3.8, 4) is 0 Å². The first kappa shape index (κ1) is 20.9. The number of nitrogens with one attached hydrogen (secondary N) is 2. The molecule has 0 aliphatic rings. The average Bonchev–Trinajstić information content (AvgIpc) is 2.67. The summed E-state index contributed by atoms with van der Waals surface area (Å²) in [6, 6.07) is 12.8. The Hall–Kier alpha value is -2.36. The van der Waals surface area contributed by atoms with Gasteiger partial charge in [0.1, 0.15) is 0 Å². The number of nitrogens with zero attached hydrogens (tertiary/aromatic N) is 1. The van der Waals surface area contributed by atoms with Crippen molar-refractivity contribution in [1.82, 2.24) is 9.62 Å². The molecule has 0 aliphatic heterocycles. The van der Waals surface area contributed by atoms with Crippen molar-refractivity contribution >= 4 is 39.3 Å². The molecule has 0 atom stereocenters. The summed E-state index contributed by atoms with van der Waals surface area (Å²) in [6.45, 7) is -0.331. The summed E-state index contributed by atoms with van der Waals surface area (Å²) in [7, 11) is -1.03. The molecule has 9 heteroatoms. The van der Waals surface area contributed by atoms with E-state index in [1.165, 1.54) is 50.1 Å². The molecule has 0 spiro atoms. The number of para-hydroxylation sites is 1. The summed E-state index contributed by atoms with van der Waals surface area (Å²) in [4.78, 5) is 24.7. The third-order valence-electron chi connectivity index (χ3n) is 3.80. The van der Waals surface area contributed by atoms with Crippen LogP contribution in [0.5, 0.6) is 0 Å². The lowest BCUT2D eigenvalue weighted by molar-refractivity contribution is -0.116. The largest absolute Gasteiger partial charge is 0.355 e. The molecule has 0 radical (unpaired) electrons. The molecule has 0 saturated heterocycles. The number of rotatable bonds is 7. The van der Waals surface area contributed by atoms with Crippen LogP contribution in [0.1, 0.15) is 10.4 Å². The molecule has 2 rings (SSSR count). The van der Waals surface area contributed by atoms with Crippen LogP contribution in [0.3, 0.4) is 0 Å². The van der Waals surface area contributed by atoms with Gasteiger partial charge in [-0.05, 0) is 42.7 Å². The smallest absolute Gasteiger partial charge is 0.251 e. The van der Waals surface area contributed by atoms with Gasteiger partial charge in [-0.3, -0.25) is 9.59 Å². The molecule has 0 fully saturated rings. The highest BCUT2D eigenvalue weighted by molar-refractivity contribution is 7.98. The van der Waals surface area contributed by atoms with Gasteiger partial charge in [0, 0.05) is 24.6 Å². The van der Waals surface area contributed by atoms with E-state index in [-0.39, 0.29) is 17.3 Å². The number of sulfonamides is 1. The second-order valence-electron chi connectivity index (χ2n) is 5.61. The molecule has 7 nitrogen and oxygen atoms in total. The first-order valence-corrected chi connectivity index (χ1v) is 10.7. The van der Waals surface area contributed by atoms with E-state index < -0.39 is 15.9 Å². The molecule has 0 aromatic heterocycles. The van der Waals surface area contributed by atoms with Gasteiger partial charge in [0.15, 0.2) is 0 Å². The topological polar surface area (TPSA) is 95.6 Å². The van der Waals surface area contributed by atoms with Crippen molar-refractivity contribution in [2.24, 2.45) is 0 Å². The maximum atomic E-state index is 12.6. The fraction of sp³-hybridized carbons (Fsp3) is 0.222. The van der Waals surface area contributed by atoms with Crippen molar-refractivity contribution in [2.45, 2.75) is 9.79 Å². The lowest BCUT2D eigenvalue weighted by atomic mass is 10.2. The molecule has 144 valence electrons. The molecule has 0 aliphatic carbocycles. The third kappa shape index (κ3) is 5.09. The summed E-state index contributed by atoms with van der Waals surface area (Å²) in [5.74, 6) is -0.747. The minimum Gasteiger partial charge on any atom is -0.355 e. The van der Waals surface area contributed by atoms with Gasteiger partial charge < -0.3 is 10.6 Å². The van der Waals surface area contributed by atoms with E-state index in [1.54, 1.807) is 12.1 Å². The van der Waals surface area contributed by atoms with Gasteiger partial charge >= 0.3 is 0 Å². The molecule has 2 aromatic rings. The Morgan fingerprint density at radius 3 is 2.30 bits per heavy atom. The Balaban J connectivity index is 2.10. The normalized spacial score (nSPS) is 11.3. The van der Waals surface area contributed by atoms with Crippen LogP contribution in [0.2, 0.25) is 0 Å². The number of carbonyl (C=O) groups is 2. The lowest BCUT2D eigenvalue weighted by Gasteiger charge is -2.17. The van der Waals surface area contributed by atoms with Crippen LogP contribution >= 0.6 is 11.8 Å². The Morgan fingerprint density at radius 1 is 1.07 bits per heavy atom. The SMILES string of the molecule is CNC(=O)c1ccc(S(=O)(=O)N(C)CC(=O)Nc2ccccc2SC)cc1. The molecule has 27 heavy (non-hydrogen) atoms. The molecule has 0 bridgehead atoms. The summed E-state index contributed by atoms with van der Waals surface area (Å²) in [5, 5.41) is 5.20. The highest BCUT2D eigenvalue weighted by atomic mass is 32.2. The molecule has 0 heterocycles. The predicted octanol–water partition coefficient (Wildman–Crippen LogP) is 2.03.